The topological polar surface area (TPSA) is 410 Å². The molecule has 1 aliphatic rings. The summed E-state index contributed by atoms with van der Waals surface area (Å²) in [4.78, 5) is 137. The van der Waals surface area contributed by atoms with Crippen LogP contribution in [0.15, 0.2) is 237 Å². The maximum Gasteiger partial charge on any atom is 1.00 e. The van der Waals surface area contributed by atoms with Crippen molar-refractivity contribution in [3.8, 4) is 72.0 Å². The molecule has 10 heterocycles. The standard InChI is InChI=1S/C33H29F2N3O3S.C30H22F2N2O4S.C21H16FN3O3S.C9H8FNO3.C4H6O4.C3H9N.C2H3BO2.Na/c1-2-12-36-19-23-5-9-28(38-20-23)32-18-29-33(42-32)31(11-13-37-29)41-30-10-6-22(16-27(30)35)15-26(40)17-25(39)14-21-3-7-24(34)8-4-21;1-37-23-7-8-25(34-17-23)29-16-26-30(39-29)28(10-11-33-26)38-27-9-4-19(14-24(27)32)13-22(36)15-21(35)12-18-2-5-20(31)6-3-18;22-14-9-13(23)2-4-17(14)28-18-5-6-24-16-10-19(29-20(16)18)15-3-1-12(11-25-15)21-26-7-8-27-21;10-6-1-3-7(4-2-6)11-8(12)5-9(13)14;1-3(5)7-8-4(2)6;1-2-3-4;1-2(4)5-3;/h3-11,13,16,18,20,36H,2,12,14-15,17,19H2,1H3;2-11,14,16-17H,12-13,15H2,1H3;1-6,9-11,21H,7-8,23H2;1-4H,5H2,(H,11,12)(H,13,14);1-2H3;2-4H2,1H3;1H3;/q;;;;;;-1;+1. The maximum atomic E-state index is 15.0. The average molecular weight is 2010 g/mol. The monoisotopic (exact) mass is 2010 g/mol. The first-order valence-electron chi connectivity index (χ1n) is 43.2. The number of pyridine rings is 6. The van der Waals surface area contributed by atoms with Gasteiger partial charge in [-0.05, 0) is 181 Å². The van der Waals surface area contributed by atoms with Crippen molar-refractivity contribution in [1.29, 1.82) is 0 Å². The van der Waals surface area contributed by atoms with Crippen LogP contribution in [-0.4, -0.2) is 129 Å². The van der Waals surface area contributed by atoms with Crippen LogP contribution >= 0.6 is 34.0 Å². The molecule has 1 fully saturated rings. The molecule has 0 spiro atoms. The number of carboxylic acids is 1. The molecule has 0 aliphatic carbocycles. The van der Waals surface area contributed by atoms with Crippen molar-refractivity contribution in [3.63, 3.8) is 0 Å². The SMILES string of the molecule is CC(=O)OOC(C)=O.CCCN.CCCNCc1ccc(-c2cc3nccc(Oc4ccc(CC(=O)CC(=O)Cc5ccc(F)cc5)cc4F)c3s2)nc1.COc1ccc(-c2cc3nccc(Oc4ccc(CC(=O)CC(=O)Cc5ccc(F)cc5)cc4F)c3s2)nc1.Nc1ccc(Oc2ccnc3cc(-c4ccc(C5OCCO5)cn4)sc23)c(F)c1.O=C(O)CC(=O)Nc1ccc(F)cc1.[B-]OC(C)=O.[Na+]. The predicted molar refractivity (Wildman–Crippen MR) is 520 cm³/mol. The zero-order valence-electron chi connectivity index (χ0n) is 77.7. The molecule has 1 amide bonds. The van der Waals surface area contributed by atoms with E-state index in [-0.39, 0.29) is 121 Å². The second-order valence-corrected chi connectivity index (χ2v) is 33.6. The van der Waals surface area contributed by atoms with Gasteiger partial charge in [0.25, 0.3) is 0 Å². The number of thiophene rings is 3. The fourth-order valence-corrected chi connectivity index (χ4v) is 15.7. The fourth-order valence-electron chi connectivity index (χ4n) is 12.6. The van der Waals surface area contributed by atoms with E-state index in [0.717, 1.165) is 114 Å². The second kappa shape index (κ2) is 56.8. The van der Waals surface area contributed by atoms with Crippen molar-refractivity contribution in [3.05, 3.63) is 306 Å². The molecule has 15 aromatic rings. The van der Waals surface area contributed by atoms with Crippen LogP contribution in [0.5, 0.6) is 40.2 Å². The summed E-state index contributed by atoms with van der Waals surface area (Å²) in [6.45, 7) is 11.4. The van der Waals surface area contributed by atoms with Gasteiger partial charge < -0.3 is 68.3 Å². The Balaban J connectivity index is 0.000000207. The van der Waals surface area contributed by atoms with E-state index < -0.39 is 65.3 Å². The van der Waals surface area contributed by atoms with Gasteiger partial charge in [0.05, 0.1) is 102 Å². The van der Waals surface area contributed by atoms with Gasteiger partial charge in [0.15, 0.2) is 41.0 Å². The van der Waals surface area contributed by atoms with Gasteiger partial charge >= 0.3 is 47.5 Å². The Morgan fingerprint density at radius 3 is 1.18 bits per heavy atom. The number of ketones is 4. The number of hydrogen-bond donors (Lipinski definition) is 5. The molecule has 3 radical (unpaired) electrons. The van der Waals surface area contributed by atoms with Crippen molar-refractivity contribution in [2.75, 3.05) is 44.5 Å². The molecule has 7 N–H and O–H groups in total. The summed E-state index contributed by atoms with van der Waals surface area (Å²) >= 11 is 4.37. The first-order chi connectivity index (χ1) is 67.8. The van der Waals surface area contributed by atoms with Gasteiger partial charge in [0.2, 0.25) is 11.9 Å². The first kappa shape index (κ1) is 111. The minimum atomic E-state index is -1.20. The smallest absolute Gasteiger partial charge is 0.793 e. The van der Waals surface area contributed by atoms with Gasteiger partial charge in [-0.2, -0.15) is 0 Å². The van der Waals surface area contributed by atoms with E-state index in [0.29, 0.717) is 75.4 Å². The zero-order chi connectivity index (χ0) is 101. The number of aromatic nitrogens is 6. The number of methoxy groups -OCH3 is 1. The van der Waals surface area contributed by atoms with E-state index in [4.69, 9.17) is 45.0 Å². The quantitative estimate of drug-likeness (QED) is 0.00512. The van der Waals surface area contributed by atoms with Gasteiger partial charge in [-0.25, -0.2) is 45.7 Å². The normalized spacial score (nSPS) is 11.1. The molecule has 142 heavy (non-hydrogen) atoms. The molecule has 1 aliphatic heterocycles. The average Bonchev–Trinajstić information content (AvgIpc) is 1.60. The molecule has 9 aromatic heterocycles. The minimum Gasteiger partial charge on any atom is -0.793 e. The molecule has 0 bridgehead atoms. The van der Waals surface area contributed by atoms with Crippen LogP contribution < -0.4 is 70.6 Å². The molecular formula is C102H93BF6N10NaO19S3. The summed E-state index contributed by atoms with van der Waals surface area (Å²) in [5.41, 5.74) is 20.0. The van der Waals surface area contributed by atoms with Crippen LogP contribution in [0.25, 0.3) is 62.4 Å². The van der Waals surface area contributed by atoms with Gasteiger partial charge in [0.1, 0.15) is 70.0 Å². The number of ether oxygens (including phenoxy) is 6. The second-order valence-electron chi connectivity index (χ2n) is 30.4. The summed E-state index contributed by atoms with van der Waals surface area (Å²) in [7, 11) is 5.90. The Morgan fingerprint density at radius 2 is 0.831 bits per heavy atom. The Kier molecular flexibility index (Phi) is 44.5. The fraction of sp³-hybridized carbons (Fsp3) is 0.206. The van der Waals surface area contributed by atoms with Crippen molar-refractivity contribution in [2.45, 2.75) is 105 Å². The number of carboxylic acid groups (broad SMARTS) is 1. The molecule has 29 nitrogen and oxygen atoms in total. The van der Waals surface area contributed by atoms with Crippen LogP contribution in [-0.2, 0) is 99.3 Å². The molecule has 0 saturated carbocycles. The third-order valence-electron chi connectivity index (χ3n) is 19.1. The van der Waals surface area contributed by atoms with Gasteiger partial charge in [-0.1, -0.05) is 62.4 Å². The molecule has 1 saturated heterocycles. The number of amides is 1. The first-order valence-corrected chi connectivity index (χ1v) is 45.7. The van der Waals surface area contributed by atoms with Gasteiger partial charge in [-0.3, -0.25) is 63.5 Å². The number of halogens is 6. The summed E-state index contributed by atoms with van der Waals surface area (Å²) in [5, 5.41) is 14.0. The number of hydrogen-bond acceptors (Lipinski definition) is 30. The van der Waals surface area contributed by atoms with E-state index >= 15 is 4.39 Å². The maximum absolute atomic E-state index is 15.0. The number of nitrogens with one attached hydrogen (secondary N) is 2. The third-order valence-corrected chi connectivity index (χ3v) is 22.6. The van der Waals surface area contributed by atoms with E-state index in [1.54, 1.807) is 74.5 Å². The molecule has 0 unspecified atom stereocenters. The van der Waals surface area contributed by atoms with E-state index in [2.05, 4.69) is 76.9 Å². The van der Waals surface area contributed by atoms with E-state index in [1.807, 2.05) is 60.8 Å². The Hall–Kier alpha value is -14.4. The van der Waals surface area contributed by atoms with Gasteiger partial charge in [-0.15, -0.1) is 34.0 Å². The predicted octanol–water partition coefficient (Wildman–Crippen LogP) is 17.2. The molecule has 729 valence electrons. The number of nitrogens with zero attached hydrogens (tertiary/aromatic N) is 6. The van der Waals surface area contributed by atoms with Crippen LogP contribution in [0.2, 0.25) is 0 Å². The Bertz CT molecular complexity index is 6780. The number of carbonyl (C=O) groups excluding carboxylic acids is 8. The van der Waals surface area contributed by atoms with Gasteiger partial charge in [0, 0.05) is 125 Å². The van der Waals surface area contributed by atoms with Crippen molar-refractivity contribution < 1.29 is 147 Å². The zero-order valence-corrected chi connectivity index (χ0v) is 82.1. The van der Waals surface area contributed by atoms with Crippen molar-refractivity contribution in [1.82, 2.24) is 35.2 Å². The number of aliphatic carboxylic acids is 1. The molecule has 16 rings (SSSR count). The molecule has 40 heteroatoms. The summed E-state index contributed by atoms with van der Waals surface area (Å²) in [6, 6.07) is 51.5. The van der Waals surface area contributed by atoms with E-state index in [1.165, 1.54) is 150 Å². The van der Waals surface area contributed by atoms with Crippen LogP contribution in [0.4, 0.5) is 37.7 Å². The number of anilines is 2. The number of nitrogen functional groups attached to an aromatic ring is 1. The van der Waals surface area contributed by atoms with Crippen molar-refractivity contribution >= 4 is 137 Å². The van der Waals surface area contributed by atoms with Crippen molar-refractivity contribution in [2.24, 2.45) is 5.73 Å². The molecular weight excluding hydrogens is 1910 g/mol. The summed E-state index contributed by atoms with van der Waals surface area (Å²) in [6.07, 6.45) is 10.6. The third kappa shape index (κ3) is 36.1. The summed E-state index contributed by atoms with van der Waals surface area (Å²) < 4.78 is 122. The van der Waals surface area contributed by atoms with Crippen LogP contribution in [0, 0.1) is 34.9 Å². The summed E-state index contributed by atoms with van der Waals surface area (Å²) in [5.74, 6) is -5.54. The Morgan fingerprint density at radius 1 is 0.451 bits per heavy atom. The molecule has 0 atom stereocenters. The largest absolute Gasteiger partial charge is 1.00 e. The van der Waals surface area contributed by atoms with E-state index in [9.17, 15) is 65.1 Å². The number of nitrogens with two attached hydrogens (primary N) is 2. The number of rotatable bonds is 31. The Labute approximate surface area is 846 Å². The number of Topliss-reactive ketones (excluding diaryl/α,β-unsaturated/α-hetero) is 4. The number of carbonyl (C=O) groups is 9. The number of fused-ring (bicyclic) bond motifs is 3. The molecule has 6 aromatic carbocycles. The van der Waals surface area contributed by atoms with Crippen LogP contribution in [0.1, 0.15) is 106 Å². The minimum absolute atomic E-state index is 0. The van der Waals surface area contributed by atoms with Crippen LogP contribution in [0.3, 0.4) is 0 Å². The number of benzene rings is 6.